The molecule has 2 unspecified atom stereocenters. The SMILES string of the molecule is C=CCN1CC(CC(NC(N)=O)C(=O)c2ccccc2)C[C@@H]2c3cccc4[nH]cc(c34)C[C@H]21. The van der Waals surface area contributed by atoms with Gasteiger partial charge >= 0.3 is 6.03 Å². The van der Waals surface area contributed by atoms with Crippen molar-refractivity contribution in [3.05, 3.63) is 84.1 Å². The Morgan fingerprint density at radius 1 is 1.21 bits per heavy atom. The standard InChI is InChI=1S/C27H30N4O2/c1-2-11-31-16-17(13-23(30-27(28)33)26(32)18-7-4-3-5-8-18)12-21-20-9-6-10-22-25(20)19(15-29-22)14-24(21)31/h2-10,15,17,21,23-24,29H,1,11-14,16H2,(H3,28,30,33)/t17?,21-,23?,24-/m1/s1. The molecule has 0 bridgehead atoms. The van der Waals surface area contributed by atoms with Gasteiger partial charge in [-0.05, 0) is 42.4 Å². The van der Waals surface area contributed by atoms with Crippen LogP contribution in [-0.4, -0.2) is 46.9 Å². The van der Waals surface area contributed by atoms with Crippen LogP contribution in [0.15, 0.2) is 67.4 Å². The lowest BCUT2D eigenvalue weighted by Gasteiger charge is -2.47. The Labute approximate surface area is 193 Å². The second-order valence-corrected chi connectivity index (χ2v) is 9.33. The number of piperidine rings is 1. The van der Waals surface area contributed by atoms with E-state index >= 15 is 0 Å². The van der Waals surface area contributed by atoms with Gasteiger partial charge in [-0.25, -0.2) is 4.79 Å². The molecule has 2 aliphatic rings. The number of primary amides is 1. The lowest BCUT2D eigenvalue weighted by molar-refractivity contribution is 0.0788. The number of carbonyl (C=O) groups excluding carboxylic acids is 2. The van der Waals surface area contributed by atoms with Gasteiger partial charge in [0, 0.05) is 47.7 Å². The summed E-state index contributed by atoms with van der Waals surface area (Å²) in [5.41, 5.74) is 9.99. The van der Waals surface area contributed by atoms with Crippen molar-refractivity contribution >= 4 is 22.7 Å². The maximum absolute atomic E-state index is 13.2. The molecule has 0 saturated carbocycles. The summed E-state index contributed by atoms with van der Waals surface area (Å²) in [7, 11) is 0. The number of amides is 2. The Bertz CT molecular complexity index is 1190. The highest BCUT2D eigenvalue weighted by Gasteiger charge is 2.41. The molecular formula is C27H30N4O2. The molecule has 2 amide bonds. The van der Waals surface area contributed by atoms with Crippen molar-refractivity contribution in [1.29, 1.82) is 0 Å². The molecule has 6 heteroatoms. The number of benzene rings is 2. The van der Waals surface area contributed by atoms with E-state index in [1.165, 1.54) is 22.0 Å². The summed E-state index contributed by atoms with van der Waals surface area (Å²) in [4.78, 5) is 30.9. The van der Waals surface area contributed by atoms with Gasteiger partial charge < -0.3 is 16.0 Å². The van der Waals surface area contributed by atoms with Gasteiger partial charge in [0.1, 0.15) is 0 Å². The van der Waals surface area contributed by atoms with Crippen LogP contribution in [0.1, 0.15) is 40.2 Å². The number of carbonyl (C=O) groups is 2. The number of nitrogens with zero attached hydrogens (tertiary/aromatic N) is 1. The van der Waals surface area contributed by atoms with Gasteiger partial charge in [-0.2, -0.15) is 0 Å². The number of likely N-dealkylation sites (tertiary alicyclic amines) is 1. The van der Waals surface area contributed by atoms with E-state index in [1.54, 1.807) is 12.1 Å². The van der Waals surface area contributed by atoms with Gasteiger partial charge in [0.15, 0.2) is 5.78 Å². The number of rotatable bonds is 7. The van der Waals surface area contributed by atoms with Crippen molar-refractivity contribution in [2.24, 2.45) is 11.7 Å². The van der Waals surface area contributed by atoms with Crippen molar-refractivity contribution < 1.29 is 9.59 Å². The number of nitrogens with two attached hydrogens (primary N) is 1. The van der Waals surface area contributed by atoms with Crippen LogP contribution in [0.4, 0.5) is 4.79 Å². The fraction of sp³-hybridized carbons (Fsp3) is 0.333. The van der Waals surface area contributed by atoms with Crippen molar-refractivity contribution in [3.63, 3.8) is 0 Å². The minimum atomic E-state index is -0.666. The van der Waals surface area contributed by atoms with E-state index in [2.05, 4.69) is 46.2 Å². The molecule has 1 fully saturated rings. The first kappa shape index (κ1) is 21.5. The second kappa shape index (κ2) is 8.87. The molecule has 2 aromatic carbocycles. The molecule has 5 rings (SSSR count). The highest BCUT2D eigenvalue weighted by atomic mass is 16.2. The van der Waals surface area contributed by atoms with Crippen LogP contribution in [0, 0.1) is 5.92 Å². The summed E-state index contributed by atoms with van der Waals surface area (Å²) in [5, 5.41) is 4.07. The molecule has 0 radical (unpaired) electrons. The molecule has 4 atom stereocenters. The number of fused-ring (bicyclic) bond motifs is 2. The molecule has 1 aromatic heterocycles. The minimum Gasteiger partial charge on any atom is -0.361 e. The zero-order valence-corrected chi connectivity index (χ0v) is 18.7. The summed E-state index contributed by atoms with van der Waals surface area (Å²) >= 11 is 0. The van der Waals surface area contributed by atoms with Gasteiger partial charge in [0.2, 0.25) is 0 Å². The second-order valence-electron chi connectivity index (χ2n) is 9.33. The maximum Gasteiger partial charge on any atom is 0.312 e. The third kappa shape index (κ3) is 4.07. The Hall–Kier alpha value is -3.38. The molecule has 33 heavy (non-hydrogen) atoms. The lowest BCUT2D eigenvalue weighted by Crippen LogP contribution is -2.52. The molecule has 2 heterocycles. The number of ketones is 1. The van der Waals surface area contributed by atoms with Crippen LogP contribution >= 0.6 is 0 Å². The van der Waals surface area contributed by atoms with Gasteiger partial charge in [-0.1, -0.05) is 48.5 Å². The summed E-state index contributed by atoms with van der Waals surface area (Å²) in [5.74, 6) is 0.522. The van der Waals surface area contributed by atoms with E-state index in [1.807, 2.05) is 24.3 Å². The predicted octanol–water partition coefficient (Wildman–Crippen LogP) is 3.99. The summed E-state index contributed by atoms with van der Waals surface area (Å²) in [6.45, 7) is 5.65. The largest absolute Gasteiger partial charge is 0.361 e. The zero-order valence-electron chi connectivity index (χ0n) is 18.7. The van der Waals surface area contributed by atoms with Gasteiger partial charge in [-0.15, -0.1) is 6.58 Å². The lowest BCUT2D eigenvalue weighted by atomic mass is 9.71. The van der Waals surface area contributed by atoms with E-state index in [9.17, 15) is 9.59 Å². The van der Waals surface area contributed by atoms with Crippen LogP contribution in [0.5, 0.6) is 0 Å². The van der Waals surface area contributed by atoms with Gasteiger partial charge in [0.05, 0.1) is 6.04 Å². The Kier molecular flexibility index (Phi) is 5.77. The Morgan fingerprint density at radius 2 is 2.03 bits per heavy atom. The van der Waals surface area contributed by atoms with Crippen LogP contribution in [0.3, 0.4) is 0 Å². The van der Waals surface area contributed by atoms with Crippen LogP contribution in [-0.2, 0) is 6.42 Å². The van der Waals surface area contributed by atoms with Crippen molar-refractivity contribution in [2.75, 3.05) is 13.1 Å². The number of Topliss-reactive ketones (excluding diaryl/α,β-unsaturated/α-hetero) is 1. The third-order valence-corrected chi connectivity index (χ3v) is 7.29. The average Bonchev–Trinajstić information content (AvgIpc) is 3.23. The number of hydrogen-bond acceptors (Lipinski definition) is 3. The van der Waals surface area contributed by atoms with E-state index in [4.69, 9.17) is 5.73 Å². The topological polar surface area (TPSA) is 91.2 Å². The number of hydrogen-bond donors (Lipinski definition) is 3. The number of urea groups is 1. The number of aromatic nitrogens is 1. The number of aromatic amines is 1. The summed E-state index contributed by atoms with van der Waals surface area (Å²) < 4.78 is 0. The Balaban J connectivity index is 1.44. The van der Waals surface area contributed by atoms with E-state index in [0.717, 1.165) is 25.9 Å². The van der Waals surface area contributed by atoms with E-state index in [0.29, 0.717) is 23.9 Å². The quantitative estimate of drug-likeness (QED) is 0.382. The first-order valence-electron chi connectivity index (χ1n) is 11.6. The summed E-state index contributed by atoms with van der Waals surface area (Å²) in [6, 6.07) is 14.7. The molecule has 0 spiro atoms. The van der Waals surface area contributed by atoms with Crippen LogP contribution in [0.2, 0.25) is 0 Å². The third-order valence-electron chi connectivity index (χ3n) is 7.29. The Morgan fingerprint density at radius 3 is 2.79 bits per heavy atom. The molecule has 3 aromatic rings. The van der Waals surface area contributed by atoms with Crippen LogP contribution < -0.4 is 11.1 Å². The predicted molar refractivity (Wildman–Crippen MR) is 130 cm³/mol. The molecule has 170 valence electrons. The minimum absolute atomic E-state index is 0.0922. The first-order valence-corrected chi connectivity index (χ1v) is 11.6. The monoisotopic (exact) mass is 442 g/mol. The number of nitrogens with one attached hydrogen (secondary N) is 2. The average molecular weight is 443 g/mol. The molecule has 1 aliphatic heterocycles. The molecule has 6 nitrogen and oxygen atoms in total. The van der Waals surface area contributed by atoms with Gasteiger partial charge in [0.25, 0.3) is 0 Å². The molecule has 1 aliphatic carbocycles. The smallest absolute Gasteiger partial charge is 0.312 e. The summed E-state index contributed by atoms with van der Waals surface area (Å²) in [6.07, 6.45) is 6.65. The maximum atomic E-state index is 13.2. The van der Waals surface area contributed by atoms with Crippen molar-refractivity contribution in [3.8, 4) is 0 Å². The first-order chi connectivity index (χ1) is 16.0. The van der Waals surface area contributed by atoms with Gasteiger partial charge in [-0.3, -0.25) is 9.69 Å². The molecule has 1 saturated heterocycles. The van der Waals surface area contributed by atoms with Crippen molar-refractivity contribution in [2.45, 2.75) is 37.3 Å². The molecular weight excluding hydrogens is 412 g/mol. The van der Waals surface area contributed by atoms with E-state index in [-0.39, 0.29) is 11.7 Å². The number of H-pyrrole nitrogens is 1. The fourth-order valence-corrected chi connectivity index (χ4v) is 5.99. The zero-order chi connectivity index (χ0) is 22.9. The van der Waals surface area contributed by atoms with Crippen molar-refractivity contribution in [1.82, 2.24) is 15.2 Å². The normalized spacial score (nSPS) is 23.0. The highest BCUT2D eigenvalue weighted by molar-refractivity contribution is 6.01. The highest BCUT2D eigenvalue weighted by Crippen LogP contribution is 2.45. The van der Waals surface area contributed by atoms with E-state index < -0.39 is 12.1 Å². The van der Waals surface area contributed by atoms with Crippen LogP contribution in [0.25, 0.3) is 10.9 Å². The molecule has 4 N–H and O–H groups in total. The fourth-order valence-electron chi connectivity index (χ4n) is 5.99.